The second-order valence-electron chi connectivity index (χ2n) is 5.88. The molecule has 28 heavy (non-hydrogen) atoms. The van der Waals surface area contributed by atoms with Crippen molar-refractivity contribution in [1.82, 2.24) is 10.3 Å². The minimum atomic E-state index is -0.985. The molecule has 6 nitrogen and oxygen atoms in total. The molecule has 0 aliphatic carbocycles. The largest absolute Gasteiger partial charge is 0.464 e. The Morgan fingerprint density at radius 1 is 1.25 bits per heavy atom. The van der Waals surface area contributed by atoms with E-state index in [1.54, 1.807) is 37.3 Å². The molecule has 0 aliphatic heterocycles. The summed E-state index contributed by atoms with van der Waals surface area (Å²) in [5, 5.41) is 3.16. The minimum Gasteiger partial charge on any atom is -0.464 e. The van der Waals surface area contributed by atoms with Crippen LogP contribution in [0.1, 0.15) is 34.1 Å². The third-order valence-corrected chi connectivity index (χ3v) is 4.27. The van der Waals surface area contributed by atoms with E-state index in [0.29, 0.717) is 27.4 Å². The normalized spacial score (nSPS) is 11.4. The molecule has 0 saturated heterocycles. The second-order valence-corrected chi connectivity index (χ2v) is 6.32. The highest BCUT2D eigenvalue weighted by Gasteiger charge is 2.24. The number of amides is 1. The van der Waals surface area contributed by atoms with Crippen molar-refractivity contribution in [2.75, 3.05) is 6.61 Å². The molecule has 0 radical (unpaired) electrons. The molecule has 1 aromatic heterocycles. The van der Waals surface area contributed by atoms with Crippen LogP contribution < -0.4 is 10.9 Å². The number of hydrogen-bond acceptors (Lipinski definition) is 4. The van der Waals surface area contributed by atoms with Crippen LogP contribution >= 0.6 is 11.6 Å². The molecule has 146 valence electrons. The number of carbonyl (C=O) groups is 2. The number of aromatic nitrogens is 1. The van der Waals surface area contributed by atoms with Crippen molar-refractivity contribution in [3.05, 3.63) is 81.3 Å². The number of esters is 1. The van der Waals surface area contributed by atoms with Gasteiger partial charge in [0.05, 0.1) is 6.61 Å². The summed E-state index contributed by atoms with van der Waals surface area (Å²) >= 11 is 5.84. The summed E-state index contributed by atoms with van der Waals surface area (Å²) in [6, 6.07) is 6.65. The molecule has 0 fully saturated rings. The molecule has 2 rings (SSSR count). The first kappa shape index (κ1) is 21.2. The Bertz CT molecular complexity index is 948. The van der Waals surface area contributed by atoms with Crippen LogP contribution in [-0.2, 0) is 16.0 Å². The molecule has 0 bridgehead atoms. The number of nitrogens with one attached hydrogen (secondary N) is 2. The van der Waals surface area contributed by atoms with E-state index in [4.69, 9.17) is 16.3 Å². The number of hydrogen-bond donors (Lipinski definition) is 2. The van der Waals surface area contributed by atoms with E-state index in [1.165, 1.54) is 12.1 Å². The smallest absolute Gasteiger partial charge is 0.328 e. The first-order chi connectivity index (χ1) is 13.4. The minimum absolute atomic E-state index is 0.0598. The first-order valence-electron chi connectivity index (χ1n) is 8.63. The van der Waals surface area contributed by atoms with Crippen molar-refractivity contribution in [3.8, 4) is 0 Å². The van der Waals surface area contributed by atoms with Gasteiger partial charge in [0.15, 0.2) is 0 Å². The summed E-state index contributed by atoms with van der Waals surface area (Å²) < 4.78 is 5.09. The van der Waals surface area contributed by atoms with Crippen molar-refractivity contribution in [2.45, 2.75) is 19.4 Å². The molecule has 0 spiro atoms. The standard InChI is InChI=1S/C21H21ClN2O4/c1-4-16-14(12-19(25)23-17(16)5-2)11-18(21(27)28-6-3)24-20(26)13-7-9-15(22)10-8-13/h4-5,7-10,12,18H,1-2,6,11H2,3H3,(H,23,25)(H,24,26). The van der Waals surface area contributed by atoms with Gasteiger partial charge in [0.1, 0.15) is 6.04 Å². The SMILES string of the molecule is C=Cc1[nH]c(=O)cc(CC(NC(=O)c2ccc(Cl)cc2)C(=O)OCC)c1C=C. The molecule has 1 heterocycles. The van der Waals surface area contributed by atoms with Gasteiger partial charge in [-0.1, -0.05) is 30.8 Å². The number of pyridine rings is 1. The van der Waals surface area contributed by atoms with Crippen molar-refractivity contribution in [2.24, 2.45) is 0 Å². The second kappa shape index (κ2) is 9.71. The molecule has 1 aromatic carbocycles. The van der Waals surface area contributed by atoms with Crippen LogP contribution in [0.15, 0.2) is 48.3 Å². The molecule has 0 saturated carbocycles. The third kappa shape index (κ3) is 5.20. The molecule has 7 heteroatoms. The quantitative estimate of drug-likeness (QED) is 0.666. The van der Waals surface area contributed by atoms with Crippen LogP contribution in [0.5, 0.6) is 0 Å². The Kier molecular flexibility index (Phi) is 7.35. The zero-order valence-electron chi connectivity index (χ0n) is 15.5. The first-order valence-corrected chi connectivity index (χ1v) is 9.01. The summed E-state index contributed by atoms with van der Waals surface area (Å²) in [5.74, 6) is -1.05. The lowest BCUT2D eigenvalue weighted by Gasteiger charge is -2.19. The van der Waals surface area contributed by atoms with E-state index in [1.807, 2.05) is 0 Å². The van der Waals surface area contributed by atoms with Crippen molar-refractivity contribution in [3.63, 3.8) is 0 Å². The van der Waals surface area contributed by atoms with Gasteiger partial charge < -0.3 is 15.0 Å². The highest BCUT2D eigenvalue weighted by molar-refractivity contribution is 6.30. The summed E-state index contributed by atoms with van der Waals surface area (Å²) in [6.07, 6.45) is 3.11. The maximum absolute atomic E-state index is 12.5. The Balaban J connectivity index is 2.35. The van der Waals surface area contributed by atoms with Gasteiger partial charge in [-0.2, -0.15) is 0 Å². The fourth-order valence-electron chi connectivity index (χ4n) is 2.71. The zero-order valence-corrected chi connectivity index (χ0v) is 16.2. The summed E-state index contributed by atoms with van der Waals surface area (Å²) in [4.78, 5) is 39.6. The van der Waals surface area contributed by atoms with Crippen molar-refractivity contribution in [1.29, 1.82) is 0 Å². The van der Waals surface area contributed by atoms with E-state index >= 15 is 0 Å². The Morgan fingerprint density at radius 2 is 1.93 bits per heavy atom. The summed E-state index contributed by atoms with van der Waals surface area (Å²) in [7, 11) is 0. The molecule has 0 aliphatic rings. The molecule has 2 aromatic rings. The van der Waals surface area contributed by atoms with E-state index in [9.17, 15) is 14.4 Å². The highest BCUT2D eigenvalue weighted by atomic mass is 35.5. The fourth-order valence-corrected chi connectivity index (χ4v) is 2.84. The number of rotatable bonds is 8. The molecule has 1 atom stereocenters. The zero-order chi connectivity index (χ0) is 20.7. The van der Waals surface area contributed by atoms with E-state index in [-0.39, 0.29) is 18.6 Å². The monoisotopic (exact) mass is 400 g/mol. The van der Waals surface area contributed by atoms with Crippen LogP contribution in [0.4, 0.5) is 0 Å². The number of aromatic amines is 1. The van der Waals surface area contributed by atoms with Crippen LogP contribution in [-0.4, -0.2) is 29.5 Å². The van der Waals surface area contributed by atoms with Gasteiger partial charge in [-0.25, -0.2) is 4.79 Å². The number of halogens is 1. The number of ether oxygens (including phenoxy) is 1. The maximum atomic E-state index is 12.5. The van der Waals surface area contributed by atoms with E-state index < -0.39 is 17.9 Å². The van der Waals surface area contributed by atoms with Crippen molar-refractivity contribution >= 4 is 35.6 Å². The van der Waals surface area contributed by atoms with Crippen LogP contribution in [0.2, 0.25) is 5.02 Å². The van der Waals surface area contributed by atoms with Gasteiger partial charge in [-0.15, -0.1) is 0 Å². The lowest BCUT2D eigenvalue weighted by atomic mass is 9.99. The van der Waals surface area contributed by atoms with Gasteiger partial charge >= 0.3 is 5.97 Å². The summed E-state index contributed by atoms with van der Waals surface area (Å²) in [5.41, 5.74) is 1.67. The summed E-state index contributed by atoms with van der Waals surface area (Å²) in [6.45, 7) is 9.26. The molecular weight excluding hydrogens is 380 g/mol. The fraction of sp³-hybridized carbons (Fsp3) is 0.190. The topological polar surface area (TPSA) is 88.3 Å². The third-order valence-electron chi connectivity index (χ3n) is 4.01. The lowest BCUT2D eigenvalue weighted by molar-refractivity contribution is -0.145. The molecule has 1 unspecified atom stereocenters. The van der Waals surface area contributed by atoms with Gasteiger partial charge in [0.2, 0.25) is 5.56 Å². The Morgan fingerprint density at radius 3 is 2.50 bits per heavy atom. The van der Waals surface area contributed by atoms with Gasteiger partial charge in [-0.05, 0) is 42.8 Å². The highest BCUT2D eigenvalue weighted by Crippen LogP contribution is 2.17. The number of carbonyl (C=O) groups excluding carboxylic acids is 2. The van der Waals surface area contributed by atoms with Gasteiger partial charge in [-0.3, -0.25) is 9.59 Å². The van der Waals surface area contributed by atoms with Crippen molar-refractivity contribution < 1.29 is 14.3 Å². The molecular formula is C21H21ClN2O4. The lowest BCUT2D eigenvalue weighted by Crippen LogP contribution is -2.43. The Hall–Kier alpha value is -3.12. The Labute approximate surface area is 167 Å². The average Bonchev–Trinajstić information content (AvgIpc) is 2.67. The molecule has 2 N–H and O–H groups in total. The van der Waals surface area contributed by atoms with Gasteiger partial charge in [0, 0.05) is 34.3 Å². The van der Waals surface area contributed by atoms with Crippen LogP contribution in [0.25, 0.3) is 12.2 Å². The maximum Gasteiger partial charge on any atom is 0.328 e. The number of H-pyrrole nitrogens is 1. The average molecular weight is 401 g/mol. The number of benzene rings is 1. The van der Waals surface area contributed by atoms with E-state index in [2.05, 4.69) is 23.5 Å². The predicted molar refractivity (Wildman–Crippen MR) is 110 cm³/mol. The predicted octanol–water partition coefficient (Wildman–Crippen LogP) is 3.22. The van der Waals surface area contributed by atoms with Gasteiger partial charge in [0.25, 0.3) is 5.91 Å². The molecule has 1 amide bonds. The van der Waals surface area contributed by atoms with E-state index in [0.717, 1.165) is 0 Å². The van der Waals surface area contributed by atoms with Crippen LogP contribution in [0, 0.1) is 0 Å². The van der Waals surface area contributed by atoms with Crippen LogP contribution in [0.3, 0.4) is 0 Å².